The van der Waals surface area contributed by atoms with E-state index in [1.54, 1.807) is 0 Å². The molecule has 0 aromatic carbocycles. The minimum atomic E-state index is -4.88. The number of alkyl halides is 3. The van der Waals surface area contributed by atoms with E-state index in [9.17, 15) is 18.0 Å². The number of hydrogen-bond acceptors (Lipinski definition) is 1. The summed E-state index contributed by atoms with van der Waals surface area (Å²) in [5.74, 6) is -2.07. The van der Waals surface area contributed by atoms with Crippen molar-refractivity contribution < 1.29 is 18.0 Å². The van der Waals surface area contributed by atoms with E-state index < -0.39 is 26.5 Å². The van der Waals surface area contributed by atoms with Gasteiger partial charge in [-0.1, -0.05) is 0 Å². The standard InChI is InChI=1S/C2H2F3NO.2ClH.Ga/c3-2(4,5)1(6)7;;;/h(H2,6,7);2*1H;/q;;;+3/p-3. The molecule has 2 nitrogen and oxygen atoms in total. The fraction of sp³-hybridized carbons (Fsp3) is 0.500. The van der Waals surface area contributed by atoms with Gasteiger partial charge in [-0.05, 0) is 0 Å². The van der Waals surface area contributed by atoms with Crippen molar-refractivity contribution in [3.05, 3.63) is 0 Å². The zero-order valence-corrected chi connectivity index (χ0v) is 8.31. The van der Waals surface area contributed by atoms with Crippen molar-refractivity contribution in [1.29, 1.82) is 0 Å². The van der Waals surface area contributed by atoms with Crippen LogP contribution < -0.4 is 4.02 Å². The molecule has 0 heterocycles. The van der Waals surface area contributed by atoms with E-state index in [-0.39, 0.29) is 0 Å². The number of amides is 1. The molecular weight excluding hydrogens is 252 g/mol. The SMILES string of the molecule is O=C([NH][Ga]([Cl])[Cl])C(F)(F)F. The summed E-state index contributed by atoms with van der Waals surface area (Å²) >= 11 is -3.11. The van der Waals surface area contributed by atoms with E-state index in [0.29, 0.717) is 0 Å². The third kappa shape index (κ3) is 4.32. The number of rotatable bonds is 1. The van der Waals surface area contributed by atoms with Crippen molar-refractivity contribution in [2.24, 2.45) is 0 Å². The monoisotopic (exact) mass is 251 g/mol. The Balaban J connectivity index is 3.87. The summed E-state index contributed by atoms with van der Waals surface area (Å²) in [5.41, 5.74) is 0. The fourth-order valence-corrected chi connectivity index (χ4v) is 1.97. The molecule has 0 atom stereocenters. The van der Waals surface area contributed by atoms with Crippen molar-refractivity contribution in [3.63, 3.8) is 0 Å². The van der Waals surface area contributed by atoms with Crippen molar-refractivity contribution >= 4 is 39.6 Å². The van der Waals surface area contributed by atoms with E-state index in [0.717, 1.165) is 0 Å². The molecule has 0 fully saturated rings. The first-order chi connectivity index (χ1) is 4.34. The number of nitrogens with one attached hydrogen (secondary N) is 1. The zero-order valence-electron chi connectivity index (χ0n) is 4.38. The van der Waals surface area contributed by atoms with Gasteiger partial charge in [0.25, 0.3) is 0 Å². The van der Waals surface area contributed by atoms with Gasteiger partial charge in [-0.25, -0.2) is 0 Å². The van der Waals surface area contributed by atoms with Crippen LogP contribution in [0.4, 0.5) is 13.2 Å². The molecule has 0 radical (unpaired) electrons. The third-order valence-corrected chi connectivity index (χ3v) is 2.64. The molecule has 10 heavy (non-hydrogen) atoms. The molecular formula is C2HCl2F3GaNO. The normalized spacial score (nSPS) is 10.9. The second kappa shape index (κ2) is 3.75. The molecule has 0 rings (SSSR count). The number of carbonyl (C=O) groups excluding carboxylic acids is 1. The average molecular weight is 253 g/mol. The van der Waals surface area contributed by atoms with Gasteiger partial charge in [0.15, 0.2) is 0 Å². The van der Waals surface area contributed by atoms with Crippen molar-refractivity contribution in [2.75, 3.05) is 0 Å². The Morgan fingerprint density at radius 3 is 1.90 bits per heavy atom. The quantitative estimate of drug-likeness (QED) is 0.697. The van der Waals surface area contributed by atoms with Crippen LogP contribution in [0.1, 0.15) is 0 Å². The molecule has 0 aliphatic rings. The van der Waals surface area contributed by atoms with Crippen LogP contribution in [0.3, 0.4) is 0 Å². The first-order valence-electron chi connectivity index (χ1n) is 2.00. The Morgan fingerprint density at radius 2 is 1.80 bits per heavy atom. The van der Waals surface area contributed by atoms with Gasteiger partial charge in [0.05, 0.1) is 0 Å². The van der Waals surface area contributed by atoms with Crippen LogP contribution in [0, 0.1) is 0 Å². The maximum atomic E-state index is 11.3. The van der Waals surface area contributed by atoms with Crippen LogP contribution in [-0.4, -0.2) is 26.5 Å². The second-order valence-electron chi connectivity index (χ2n) is 1.27. The Labute approximate surface area is 68.0 Å². The molecule has 0 aromatic heterocycles. The predicted octanol–water partition coefficient (Wildman–Crippen LogP) is 1.13. The van der Waals surface area contributed by atoms with Crippen LogP contribution in [-0.2, 0) is 4.79 Å². The molecule has 58 valence electrons. The molecule has 1 amide bonds. The maximum absolute atomic E-state index is 11.3. The van der Waals surface area contributed by atoms with Gasteiger partial charge in [-0.15, -0.1) is 0 Å². The Hall–Kier alpha value is 0.476. The summed E-state index contributed by atoms with van der Waals surface area (Å²) < 4.78 is 35.4. The molecule has 0 bridgehead atoms. The van der Waals surface area contributed by atoms with E-state index in [1.165, 1.54) is 4.02 Å². The van der Waals surface area contributed by atoms with Gasteiger partial charge in [-0.2, -0.15) is 0 Å². The van der Waals surface area contributed by atoms with Gasteiger partial charge in [0.2, 0.25) is 0 Å². The van der Waals surface area contributed by atoms with Gasteiger partial charge >= 0.3 is 67.8 Å². The minimum absolute atomic E-state index is 1.44. The molecule has 0 aliphatic heterocycles. The van der Waals surface area contributed by atoms with Crippen LogP contribution >= 0.6 is 19.3 Å². The van der Waals surface area contributed by atoms with Gasteiger partial charge in [-0.3, -0.25) is 0 Å². The number of hydrogen-bond donors (Lipinski definition) is 1. The zero-order chi connectivity index (χ0) is 8.36. The molecule has 1 N–H and O–H groups in total. The number of carbonyl (C=O) groups is 1. The second-order valence-corrected chi connectivity index (χ2v) is 8.84. The topological polar surface area (TPSA) is 29.1 Å². The van der Waals surface area contributed by atoms with Crippen LogP contribution in [0.5, 0.6) is 0 Å². The summed E-state index contributed by atoms with van der Waals surface area (Å²) in [6.45, 7) is 0. The molecule has 0 saturated carbocycles. The van der Waals surface area contributed by atoms with Gasteiger partial charge < -0.3 is 0 Å². The Morgan fingerprint density at radius 1 is 1.40 bits per heavy atom. The molecule has 0 saturated heterocycles. The summed E-state index contributed by atoms with van der Waals surface area (Å²) in [6.07, 6.45) is -4.88. The van der Waals surface area contributed by atoms with Crippen LogP contribution in [0.2, 0.25) is 0 Å². The first kappa shape index (κ1) is 10.5. The predicted molar refractivity (Wildman–Crippen MR) is 31.7 cm³/mol. The van der Waals surface area contributed by atoms with Gasteiger partial charge in [0.1, 0.15) is 0 Å². The van der Waals surface area contributed by atoms with E-state index in [2.05, 4.69) is 0 Å². The third-order valence-electron chi connectivity index (χ3n) is 0.498. The molecule has 0 unspecified atom stereocenters. The molecule has 8 heteroatoms. The first-order valence-corrected chi connectivity index (χ1v) is 9.57. The Bertz CT molecular complexity index is 137. The van der Waals surface area contributed by atoms with Crippen molar-refractivity contribution in [2.45, 2.75) is 6.18 Å². The molecule has 0 spiro atoms. The van der Waals surface area contributed by atoms with Crippen LogP contribution in [0.25, 0.3) is 0 Å². The van der Waals surface area contributed by atoms with Crippen LogP contribution in [0.15, 0.2) is 0 Å². The summed E-state index contributed by atoms with van der Waals surface area (Å²) in [5, 5.41) is 0. The molecule has 0 aliphatic carbocycles. The summed E-state index contributed by atoms with van der Waals surface area (Å²) in [6, 6.07) is 0. The number of halogens is 5. The average Bonchev–Trinajstić information content (AvgIpc) is 1.60. The molecule has 0 aromatic rings. The van der Waals surface area contributed by atoms with E-state index in [1.807, 2.05) is 0 Å². The van der Waals surface area contributed by atoms with Gasteiger partial charge in [0, 0.05) is 0 Å². The summed E-state index contributed by atoms with van der Waals surface area (Å²) in [4.78, 5) is 9.92. The fourth-order valence-electron chi connectivity index (χ4n) is 0.181. The van der Waals surface area contributed by atoms with E-state index in [4.69, 9.17) is 19.3 Å². The summed E-state index contributed by atoms with van der Waals surface area (Å²) in [7, 11) is 10.00. The van der Waals surface area contributed by atoms with Crippen molar-refractivity contribution in [3.8, 4) is 0 Å². The van der Waals surface area contributed by atoms with E-state index >= 15 is 0 Å². The van der Waals surface area contributed by atoms with Crippen molar-refractivity contribution in [1.82, 2.24) is 4.02 Å². The Kier molecular flexibility index (Phi) is 3.93.